The second-order valence-electron chi connectivity index (χ2n) is 21.4. The van der Waals surface area contributed by atoms with Crippen LogP contribution in [0.2, 0.25) is 0 Å². The maximum Gasteiger partial charge on any atom is 0.386 e. The predicted octanol–water partition coefficient (Wildman–Crippen LogP) is 9.69. The minimum Gasteiger partial charge on any atom is -0.496 e. The normalized spacial score (nSPS) is 28.2. The summed E-state index contributed by atoms with van der Waals surface area (Å²) in [5.41, 5.74) is 4.34. The van der Waals surface area contributed by atoms with Gasteiger partial charge < -0.3 is 35.2 Å². The van der Waals surface area contributed by atoms with Gasteiger partial charge in [0, 0.05) is 12.1 Å². The van der Waals surface area contributed by atoms with Crippen molar-refractivity contribution in [2.24, 2.45) is 23.7 Å². The number of fused-ring (bicyclic) bond motifs is 1. The monoisotopic (exact) mass is 1080 g/mol. The van der Waals surface area contributed by atoms with Crippen LogP contribution < -0.4 is 10.1 Å². The molecule has 0 unspecified atom stereocenters. The summed E-state index contributed by atoms with van der Waals surface area (Å²) in [5, 5.41) is 44.3. The molecule has 406 valence electrons. The molecule has 1 amide bonds. The number of hydrogen-bond donors (Lipinski definition) is 5. The summed E-state index contributed by atoms with van der Waals surface area (Å²) < 4.78 is 11.7. The fraction of sp³-hybridized carbons (Fsp3) is 0.467. The molecule has 9 atom stereocenters. The van der Waals surface area contributed by atoms with E-state index < -0.39 is 59.2 Å². The molecular formula is C60H71ClN2O12S. The van der Waals surface area contributed by atoms with Crippen LogP contribution in [0.1, 0.15) is 108 Å². The molecule has 2 heterocycles. The van der Waals surface area contributed by atoms with Crippen LogP contribution in [0.15, 0.2) is 115 Å². The van der Waals surface area contributed by atoms with Gasteiger partial charge in [0.15, 0.2) is 0 Å². The molecule has 11 rings (SSSR count). The lowest BCUT2D eigenvalue weighted by Crippen LogP contribution is -2.65. The summed E-state index contributed by atoms with van der Waals surface area (Å²) in [6.07, 6.45) is 8.15. The van der Waals surface area contributed by atoms with E-state index in [1.54, 1.807) is 93.1 Å². The molecule has 2 aliphatic heterocycles. The number of aromatic carboxylic acids is 1. The second-order valence-corrected chi connectivity index (χ2v) is 23.0. The van der Waals surface area contributed by atoms with Gasteiger partial charge >= 0.3 is 17.9 Å². The van der Waals surface area contributed by atoms with Crippen molar-refractivity contribution in [3.63, 3.8) is 0 Å². The summed E-state index contributed by atoms with van der Waals surface area (Å²) in [6.45, 7) is 4.74. The number of carboxylic acid groups (broad SMARTS) is 1. The molecule has 76 heavy (non-hydrogen) atoms. The number of alkyl halides is 1. The fourth-order valence-electron chi connectivity index (χ4n) is 12.7. The average molecular weight is 1080 g/mol. The van der Waals surface area contributed by atoms with E-state index in [9.17, 15) is 39.6 Å². The number of thioether (sulfide) groups is 1. The number of amides is 1. The number of methoxy groups -OCH3 is 1. The van der Waals surface area contributed by atoms with Gasteiger partial charge in [-0.15, -0.1) is 23.4 Å². The van der Waals surface area contributed by atoms with Crippen molar-refractivity contribution in [2.45, 2.75) is 124 Å². The van der Waals surface area contributed by atoms with E-state index in [1.165, 1.54) is 67.0 Å². The maximum atomic E-state index is 12.9. The van der Waals surface area contributed by atoms with E-state index in [2.05, 4.69) is 52.3 Å². The lowest BCUT2D eigenvalue weighted by Gasteiger charge is -2.57. The number of benzene rings is 5. The number of aliphatic hydroxyl groups excluding tert-OH is 3. The van der Waals surface area contributed by atoms with Gasteiger partial charge in [-0.2, -0.15) is 0 Å². The third kappa shape index (κ3) is 13.1. The first-order valence-electron chi connectivity index (χ1n) is 26.4. The second kappa shape index (κ2) is 25.3. The topological polar surface area (TPSA) is 201 Å². The van der Waals surface area contributed by atoms with Gasteiger partial charge in [0.1, 0.15) is 35.6 Å². The number of hydrogen-bond acceptors (Lipinski definition) is 13. The molecular weight excluding hydrogens is 1010 g/mol. The molecule has 6 aliphatic rings. The van der Waals surface area contributed by atoms with Crippen molar-refractivity contribution >= 4 is 58.0 Å². The van der Waals surface area contributed by atoms with Crippen molar-refractivity contribution in [2.75, 3.05) is 27.0 Å². The maximum absolute atomic E-state index is 12.9. The largest absolute Gasteiger partial charge is 0.496 e. The Labute approximate surface area is 454 Å². The van der Waals surface area contributed by atoms with Gasteiger partial charge in [0.05, 0.1) is 41.3 Å². The number of nitrogens with one attached hydrogen (secondary N) is 1. The Hall–Kier alpha value is -5.52. The van der Waals surface area contributed by atoms with Gasteiger partial charge in [-0.3, -0.25) is 9.69 Å². The third-order valence-corrected chi connectivity index (χ3v) is 17.2. The first-order chi connectivity index (χ1) is 36.5. The molecule has 4 aliphatic carbocycles. The van der Waals surface area contributed by atoms with Crippen LogP contribution >= 0.6 is 23.4 Å². The van der Waals surface area contributed by atoms with Crippen LogP contribution in [-0.4, -0.2) is 123 Å². The molecule has 0 aromatic heterocycles. The molecule has 5 aromatic rings. The molecule has 6 fully saturated rings. The Balaban J connectivity index is 0.000000157. The first-order valence-corrected chi connectivity index (χ1v) is 28.1. The number of nitrogens with zero attached hydrogens (tertiary/aromatic N) is 1. The Kier molecular flexibility index (Phi) is 18.9. The number of likely N-dealkylation sites (N-methyl/N-ethyl adjacent to an activating group) is 1. The summed E-state index contributed by atoms with van der Waals surface area (Å²) >= 11 is 7.55. The van der Waals surface area contributed by atoms with Crippen LogP contribution in [0.25, 0.3) is 21.9 Å². The van der Waals surface area contributed by atoms with Gasteiger partial charge in [-0.05, 0) is 177 Å². The summed E-state index contributed by atoms with van der Waals surface area (Å²) in [6, 6.07) is 34.0. The Morgan fingerprint density at radius 1 is 0.750 bits per heavy atom. The van der Waals surface area contributed by atoms with Crippen molar-refractivity contribution in [3.05, 3.63) is 138 Å². The minimum absolute atomic E-state index is 0.147. The summed E-state index contributed by atoms with van der Waals surface area (Å²) in [7, 11) is 3.74. The lowest BCUT2D eigenvalue weighted by atomic mass is 9.48. The molecule has 0 spiro atoms. The van der Waals surface area contributed by atoms with Crippen LogP contribution in [0.3, 0.4) is 0 Å². The summed E-state index contributed by atoms with van der Waals surface area (Å²) in [5.74, 6) is 1.76. The number of carbonyl (C=O) groups excluding carboxylic acids is 3. The molecule has 5 aromatic carbocycles. The average Bonchev–Trinajstić information content (AvgIpc) is 3.84. The summed E-state index contributed by atoms with van der Waals surface area (Å²) in [4.78, 5) is 58.1. The third-order valence-electron chi connectivity index (χ3n) is 16.1. The van der Waals surface area contributed by atoms with Crippen molar-refractivity contribution in [1.29, 1.82) is 0 Å². The van der Waals surface area contributed by atoms with Crippen LogP contribution in [0, 0.1) is 23.7 Å². The van der Waals surface area contributed by atoms with E-state index in [1.807, 2.05) is 24.1 Å². The molecule has 4 bridgehead atoms. The number of ether oxygens (including phenoxy) is 2. The molecule has 4 saturated carbocycles. The lowest BCUT2D eigenvalue weighted by molar-refractivity contribution is -0.205. The van der Waals surface area contributed by atoms with E-state index in [4.69, 9.17) is 21.1 Å². The Morgan fingerprint density at radius 3 is 1.84 bits per heavy atom. The number of carbonyl (C=O) groups is 4. The van der Waals surface area contributed by atoms with E-state index in [0.29, 0.717) is 22.6 Å². The highest BCUT2D eigenvalue weighted by Gasteiger charge is 2.53. The zero-order valence-corrected chi connectivity index (χ0v) is 45.3. The van der Waals surface area contributed by atoms with Crippen LogP contribution in [0.4, 0.5) is 0 Å². The Bertz CT molecular complexity index is 2710. The fourth-order valence-corrected chi connectivity index (χ4v) is 13.6. The highest BCUT2D eigenvalue weighted by molar-refractivity contribution is 7.99. The number of likely N-dealkylation sites (tertiary alicyclic amines) is 1. The van der Waals surface area contributed by atoms with E-state index in [0.717, 1.165) is 60.1 Å². The van der Waals surface area contributed by atoms with Gasteiger partial charge in [-0.25, -0.2) is 24.2 Å². The minimum atomic E-state index is -1.36. The highest BCUT2D eigenvalue weighted by Crippen LogP contribution is 2.62. The first kappa shape index (κ1) is 56.7. The van der Waals surface area contributed by atoms with Crippen molar-refractivity contribution in [1.82, 2.24) is 10.2 Å². The van der Waals surface area contributed by atoms with Crippen LogP contribution in [0.5, 0.6) is 5.75 Å². The number of rotatable bonds is 13. The Morgan fingerprint density at radius 2 is 1.30 bits per heavy atom. The van der Waals surface area contributed by atoms with Crippen molar-refractivity contribution in [3.8, 4) is 16.9 Å². The zero-order chi connectivity index (χ0) is 54.3. The number of aliphatic hydroxyl groups is 3. The van der Waals surface area contributed by atoms with Gasteiger partial charge in [0.25, 0.3) is 0 Å². The standard InChI is InChI=1S/C28H28O3.C18H33ClN2O5S.C14H10O4/c1-31-26-7-6-23(21-2-3-22-12-24(27(29)30)5-4-20(22)11-21)13-25(26)28-14-17-8-18(15-28)10-19(9-17)16-28;1-5-6-10-7-11(21(3)8-10)17(25)20-12(9(2)19)16-14(23)13(22)15(24)18(26-16)27-4;15-13(11-7-3-1-4-8-11)17-18-14(16)12-9-5-2-6-10-12/h2-7,11-13,17-19H,8-10,14-16H2,1H3,(H,29,30);9-16,18,22-24H,5-8H2,1-4H3,(H,20,25);1-10H/t;9-,10+,11-,12+,13-,14+,15+,16+,18+;/m.0./s1. The highest BCUT2D eigenvalue weighted by atomic mass is 35.5. The molecule has 5 N–H and O–H groups in total. The number of halogens is 1. The van der Waals surface area contributed by atoms with Crippen LogP contribution in [-0.2, 0) is 24.7 Å². The molecule has 14 nitrogen and oxygen atoms in total. The molecule has 16 heteroatoms. The smallest absolute Gasteiger partial charge is 0.386 e. The number of carboxylic acids is 1. The SMILES string of the molecule is CCC[C@@H]1C[C@@H](C(=O)N[C@@H]([C@H]2O[C@H](SC)[C@H](O)[C@@H](O)[C@H]2O)[C@H](C)Cl)N(C)C1.COc1ccc(-c2ccc3cc(C(=O)O)ccc3c2)cc1C12CC3CC(CC(C3)C1)C2.O=C(OOC(=O)c1ccccc1)c1ccccc1. The van der Waals surface area contributed by atoms with Gasteiger partial charge in [-0.1, -0.05) is 74.0 Å². The quantitative estimate of drug-likeness (QED) is 0.0424. The molecule has 0 radical (unpaired) electrons. The van der Waals surface area contributed by atoms with Crippen molar-refractivity contribution < 1.29 is 58.9 Å². The molecule has 2 saturated heterocycles. The predicted molar refractivity (Wildman–Crippen MR) is 293 cm³/mol. The zero-order valence-electron chi connectivity index (χ0n) is 43.8. The van der Waals surface area contributed by atoms with E-state index in [-0.39, 0.29) is 17.4 Å². The van der Waals surface area contributed by atoms with E-state index >= 15 is 0 Å². The van der Waals surface area contributed by atoms with Gasteiger partial charge in [0.2, 0.25) is 5.91 Å².